The fraction of sp³-hybridized carbons (Fsp3) is 0.0833. The van der Waals surface area contributed by atoms with Crippen molar-refractivity contribution in [1.82, 2.24) is 15.1 Å². The van der Waals surface area contributed by atoms with Gasteiger partial charge in [-0.3, -0.25) is 9.89 Å². The second kappa shape index (κ2) is 7.84. The summed E-state index contributed by atoms with van der Waals surface area (Å²) in [6.45, 7) is 0.347. The number of nitrogens with one attached hydrogen (secondary N) is 1. The van der Waals surface area contributed by atoms with Crippen molar-refractivity contribution in [2.45, 2.75) is 12.6 Å². The fourth-order valence-corrected chi connectivity index (χ4v) is 4.25. The second-order valence-electron chi connectivity index (χ2n) is 7.38. The Balaban J connectivity index is 1.64. The number of carbonyl (C=O) groups is 1. The Morgan fingerprint density at radius 2 is 1.65 bits per heavy atom. The van der Waals surface area contributed by atoms with Gasteiger partial charge in [-0.1, -0.05) is 59.6 Å². The van der Waals surface area contributed by atoms with Crippen molar-refractivity contribution in [3.05, 3.63) is 111 Å². The van der Waals surface area contributed by atoms with Gasteiger partial charge in [0.2, 0.25) is 0 Å². The lowest BCUT2D eigenvalue weighted by Gasteiger charge is -2.26. The number of hydrogen-bond donors (Lipinski definition) is 1. The monoisotopic (exact) mass is 451 g/mol. The van der Waals surface area contributed by atoms with Crippen LogP contribution in [0, 0.1) is 5.82 Å². The first kappa shape index (κ1) is 19.8. The number of amides is 1. The van der Waals surface area contributed by atoms with Crippen molar-refractivity contribution in [3.63, 3.8) is 0 Å². The molecule has 7 heteroatoms. The summed E-state index contributed by atoms with van der Waals surface area (Å²) in [5.41, 5.74) is 4.21. The Morgan fingerprint density at radius 3 is 2.32 bits per heavy atom. The molecular formula is C24H16Cl2FN3O. The number of rotatable bonds is 4. The normalized spacial score (nSPS) is 15.4. The van der Waals surface area contributed by atoms with Crippen LogP contribution in [0.4, 0.5) is 4.39 Å². The predicted molar refractivity (Wildman–Crippen MR) is 119 cm³/mol. The van der Waals surface area contributed by atoms with E-state index in [4.69, 9.17) is 23.2 Å². The highest BCUT2D eigenvalue weighted by atomic mass is 35.5. The molecule has 0 radical (unpaired) electrons. The van der Waals surface area contributed by atoms with Gasteiger partial charge in [-0.15, -0.1) is 0 Å². The number of nitrogens with zero attached hydrogens (tertiary/aromatic N) is 2. The molecule has 1 aliphatic heterocycles. The molecule has 1 amide bonds. The molecule has 2 heterocycles. The van der Waals surface area contributed by atoms with E-state index in [-0.39, 0.29) is 11.7 Å². The van der Waals surface area contributed by atoms with Gasteiger partial charge in [0.15, 0.2) is 0 Å². The maximum atomic E-state index is 14.1. The van der Waals surface area contributed by atoms with Gasteiger partial charge in [0.1, 0.15) is 11.5 Å². The second-order valence-corrected chi connectivity index (χ2v) is 8.26. The number of fused-ring (bicyclic) bond motifs is 1. The SMILES string of the molecule is O=C1c2[nH]nc(-c3ccc(Cl)cc3)c2C(c2cccc(F)c2)N1Cc1ccc(Cl)cc1. The predicted octanol–water partition coefficient (Wildman–Crippen LogP) is 6.27. The van der Waals surface area contributed by atoms with Gasteiger partial charge in [-0.2, -0.15) is 5.10 Å². The number of hydrogen-bond acceptors (Lipinski definition) is 2. The van der Waals surface area contributed by atoms with E-state index in [9.17, 15) is 9.18 Å². The van der Waals surface area contributed by atoms with E-state index < -0.39 is 6.04 Å². The molecule has 0 bridgehead atoms. The van der Waals surface area contributed by atoms with E-state index in [2.05, 4.69) is 10.2 Å². The van der Waals surface area contributed by atoms with Gasteiger partial charge in [-0.25, -0.2) is 4.39 Å². The van der Waals surface area contributed by atoms with Gasteiger partial charge in [0, 0.05) is 27.7 Å². The van der Waals surface area contributed by atoms with Gasteiger partial charge in [-0.05, 0) is 47.5 Å². The molecule has 4 aromatic rings. The molecule has 3 aromatic carbocycles. The lowest BCUT2D eigenvalue weighted by atomic mass is 9.96. The average Bonchev–Trinajstić information content (AvgIpc) is 3.30. The largest absolute Gasteiger partial charge is 0.322 e. The fourth-order valence-electron chi connectivity index (χ4n) is 4.00. The standard InChI is InChI=1S/C24H16Cl2FN3O/c25-17-8-4-14(5-9-17)13-30-23(16-2-1-3-19(27)12-16)20-21(28-29-22(20)24(30)31)15-6-10-18(26)11-7-15/h1-12,23H,13H2,(H,28,29). The molecule has 1 unspecified atom stereocenters. The summed E-state index contributed by atoms with van der Waals surface area (Å²) in [6.07, 6.45) is 0. The number of benzene rings is 3. The minimum Gasteiger partial charge on any atom is -0.322 e. The van der Waals surface area contributed by atoms with Crippen LogP contribution >= 0.6 is 23.2 Å². The van der Waals surface area contributed by atoms with E-state index >= 15 is 0 Å². The zero-order chi connectivity index (χ0) is 21.5. The van der Waals surface area contributed by atoms with Crippen molar-refractivity contribution < 1.29 is 9.18 Å². The van der Waals surface area contributed by atoms with Crippen LogP contribution in [-0.2, 0) is 6.54 Å². The smallest absolute Gasteiger partial charge is 0.273 e. The van der Waals surface area contributed by atoms with Crippen LogP contribution in [-0.4, -0.2) is 21.0 Å². The highest BCUT2D eigenvalue weighted by Gasteiger charge is 2.42. The van der Waals surface area contributed by atoms with Gasteiger partial charge in [0.05, 0.1) is 11.7 Å². The highest BCUT2D eigenvalue weighted by molar-refractivity contribution is 6.30. The molecule has 1 atom stereocenters. The molecule has 0 aliphatic carbocycles. The van der Waals surface area contributed by atoms with Crippen molar-refractivity contribution in [2.24, 2.45) is 0 Å². The molecule has 31 heavy (non-hydrogen) atoms. The summed E-state index contributed by atoms with van der Waals surface area (Å²) in [7, 11) is 0. The van der Waals surface area contributed by atoms with Crippen LogP contribution < -0.4 is 0 Å². The molecule has 0 saturated heterocycles. The third-order valence-corrected chi connectivity index (χ3v) is 5.92. The lowest BCUT2D eigenvalue weighted by molar-refractivity contribution is 0.0730. The van der Waals surface area contributed by atoms with E-state index in [1.54, 1.807) is 35.2 Å². The summed E-state index contributed by atoms with van der Waals surface area (Å²) in [6, 6.07) is 20.4. The van der Waals surface area contributed by atoms with Crippen molar-refractivity contribution >= 4 is 29.1 Å². The number of aromatic amines is 1. The zero-order valence-electron chi connectivity index (χ0n) is 16.1. The summed E-state index contributed by atoms with van der Waals surface area (Å²) in [5.74, 6) is -0.548. The molecule has 1 N–H and O–H groups in total. The first-order valence-electron chi connectivity index (χ1n) is 9.66. The third kappa shape index (κ3) is 3.60. The zero-order valence-corrected chi connectivity index (χ0v) is 17.7. The highest BCUT2D eigenvalue weighted by Crippen LogP contribution is 2.43. The molecule has 0 spiro atoms. The number of halogens is 3. The summed E-state index contributed by atoms with van der Waals surface area (Å²) >= 11 is 12.0. The van der Waals surface area contributed by atoms with Crippen LogP contribution in [0.1, 0.15) is 33.2 Å². The van der Waals surface area contributed by atoms with Crippen molar-refractivity contribution in [3.8, 4) is 11.3 Å². The van der Waals surface area contributed by atoms with Gasteiger partial charge in [0.25, 0.3) is 5.91 Å². The molecule has 4 nitrogen and oxygen atoms in total. The Bertz CT molecular complexity index is 1270. The summed E-state index contributed by atoms with van der Waals surface area (Å²) in [4.78, 5) is 15.1. The first-order valence-corrected chi connectivity index (χ1v) is 10.4. The molecule has 5 rings (SSSR count). The van der Waals surface area contributed by atoms with E-state index in [1.165, 1.54) is 12.1 Å². The molecule has 1 aromatic heterocycles. The average molecular weight is 452 g/mol. The van der Waals surface area contributed by atoms with Crippen LogP contribution in [0.25, 0.3) is 11.3 Å². The van der Waals surface area contributed by atoms with E-state index in [0.717, 1.165) is 16.7 Å². The summed E-state index contributed by atoms with van der Waals surface area (Å²) in [5, 5.41) is 8.54. The van der Waals surface area contributed by atoms with Gasteiger partial charge < -0.3 is 4.90 Å². The Morgan fingerprint density at radius 1 is 0.968 bits per heavy atom. The quantitative estimate of drug-likeness (QED) is 0.397. The maximum absolute atomic E-state index is 14.1. The van der Waals surface area contributed by atoms with Crippen LogP contribution in [0.2, 0.25) is 10.0 Å². The minimum atomic E-state index is -0.488. The lowest BCUT2D eigenvalue weighted by Crippen LogP contribution is -2.29. The Hall–Kier alpha value is -3.15. The maximum Gasteiger partial charge on any atom is 0.273 e. The van der Waals surface area contributed by atoms with Crippen LogP contribution in [0.5, 0.6) is 0 Å². The Labute approximate surface area is 188 Å². The van der Waals surface area contributed by atoms with Crippen molar-refractivity contribution in [1.29, 1.82) is 0 Å². The van der Waals surface area contributed by atoms with E-state index in [0.29, 0.717) is 33.5 Å². The molecular weight excluding hydrogens is 436 g/mol. The van der Waals surface area contributed by atoms with Crippen LogP contribution in [0.3, 0.4) is 0 Å². The van der Waals surface area contributed by atoms with Crippen molar-refractivity contribution in [2.75, 3.05) is 0 Å². The topological polar surface area (TPSA) is 49.0 Å². The van der Waals surface area contributed by atoms with E-state index in [1.807, 2.05) is 30.3 Å². The number of aromatic nitrogens is 2. The number of carbonyl (C=O) groups excluding carboxylic acids is 1. The molecule has 0 saturated carbocycles. The Kier molecular flexibility index (Phi) is 5.00. The number of H-pyrrole nitrogens is 1. The minimum absolute atomic E-state index is 0.188. The third-order valence-electron chi connectivity index (χ3n) is 5.41. The van der Waals surface area contributed by atoms with Crippen LogP contribution in [0.15, 0.2) is 72.8 Å². The van der Waals surface area contributed by atoms with Gasteiger partial charge >= 0.3 is 0 Å². The summed E-state index contributed by atoms with van der Waals surface area (Å²) < 4.78 is 14.1. The molecule has 154 valence electrons. The molecule has 1 aliphatic rings. The first-order chi connectivity index (χ1) is 15.0. The molecule has 0 fully saturated rings.